The summed E-state index contributed by atoms with van der Waals surface area (Å²) in [6.07, 6.45) is 0. The fraction of sp³-hybridized carbons (Fsp3) is 0. The Balaban J connectivity index is -0.00000000508. The third kappa shape index (κ3) is 62500. The van der Waals surface area contributed by atoms with Crippen LogP contribution < -0.4 is 29.1 Å². The van der Waals surface area contributed by atoms with Crippen molar-refractivity contribution in [3.05, 3.63) is 0 Å². The first-order valence-corrected chi connectivity index (χ1v) is 6.93. The van der Waals surface area contributed by atoms with Crippen molar-refractivity contribution in [3.63, 3.8) is 0 Å². The SMILES string of the molecule is O=[Se](=O)([O-])[O-].O=[Se](=O)([O-])[O-].[Cu+2].[NH4+].[NH4+].[OH3+].[OH3+].[OH3+].[OH3+].[OH3+].[OH3+]. The molecule has 0 fully saturated rings. The van der Waals surface area contributed by atoms with E-state index in [0.717, 1.165) is 0 Å². The largest absolute Gasteiger partial charge is 2.00 e. The van der Waals surface area contributed by atoms with Crippen LogP contribution in [0.2, 0.25) is 0 Å². The summed E-state index contributed by atoms with van der Waals surface area (Å²) in [6, 6.07) is 0. The molecule has 0 aliphatic heterocycles. The summed E-state index contributed by atoms with van der Waals surface area (Å²) in [5.41, 5.74) is 0. The molecule has 0 spiro atoms. The van der Waals surface area contributed by atoms with Crippen molar-refractivity contribution in [2.45, 2.75) is 0 Å². The average Bonchev–Trinajstić information content (AvgIpc) is 1.12. The van der Waals surface area contributed by atoms with Crippen molar-refractivity contribution >= 4 is 26.7 Å². The molecule has 0 aliphatic carbocycles. The maximum Gasteiger partial charge on any atom is 2.00 e. The Morgan fingerprint density at radius 3 is 0.474 bits per heavy atom. The Morgan fingerprint density at radius 1 is 0.474 bits per heavy atom. The van der Waals surface area contributed by atoms with Crippen LogP contribution >= 0.6 is 0 Å². The molecular weight excluding hydrogens is 473 g/mol. The topological polar surface area (TPSA) is 432 Å². The van der Waals surface area contributed by atoms with E-state index in [1.54, 1.807) is 0 Å². The minimum Gasteiger partial charge on any atom is -0.457 e. The van der Waals surface area contributed by atoms with Crippen molar-refractivity contribution in [1.82, 2.24) is 12.3 Å². The third-order valence-electron chi connectivity index (χ3n) is 0. The molecule has 0 saturated heterocycles. The zero-order valence-electron chi connectivity index (χ0n) is 9.85. The smallest absolute Gasteiger partial charge is 0.457 e. The predicted molar refractivity (Wildman–Crippen MR) is 55.5 cm³/mol. The van der Waals surface area contributed by atoms with Crippen LogP contribution in [0.5, 0.6) is 0 Å². The molecule has 0 amide bonds. The van der Waals surface area contributed by atoms with E-state index in [1.165, 1.54) is 0 Å². The fourth-order valence-electron chi connectivity index (χ4n) is 0. The van der Waals surface area contributed by atoms with Crippen LogP contribution in [0.15, 0.2) is 0 Å². The van der Waals surface area contributed by atoms with Gasteiger partial charge in [0.05, 0.1) is 0 Å². The molecule has 0 aliphatic rings. The van der Waals surface area contributed by atoms with Crippen LogP contribution in [0.25, 0.3) is 0 Å². The van der Waals surface area contributed by atoms with Crippen LogP contribution in [0, 0.1) is 0 Å². The van der Waals surface area contributed by atoms with Crippen molar-refractivity contribution in [2.75, 3.05) is 0 Å². The number of hydrogen-bond acceptors (Lipinski definition) is 8. The summed E-state index contributed by atoms with van der Waals surface area (Å²) in [5, 5.41) is 0. The van der Waals surface area contributed by atoms with Gasteiger partial charge in [-0.05, 0) is 0 Å². The van der Waals surface area contributed by atoms with Gasteiger partial charge < -0.3 is 45.2 Å². The van der Waals surface area contributed by atoms with Gasteiger partial charge in [0.25, 0.3) is 0 Å². The molecule has 0 aromatic carbocycles. The van der Waals surface area contributed by atoms with E-state index in [4.69, 9.17) is 32.1 Å². The molecule has 0 atom stereocenters. The maximum atomic E-state index is 8.59. The normalized spacial score (nSPS) is 6.11. The molecule has 19 heavy (non-hydrogen) atoms. The molecule has 0 heterocycles. The van der Waals surface area contributed by atoms with E-state index in [1.807, 2.05) is 0 Å². The first kappa shape index (κ1) is 94.0. The number of quaternary nitrogens is 2. The standard InChI is InChI=1S/Cu.2H3N.2H2O4Se.6H2O/c;;;2*1-5(2,3)4;;;;;;/h;2*1H3;2*(H2,1,2,3,4);6*1H2/q+2;;;;;;;;;;/p+4. The van der Waals surface area contributed by atoms with E-state index in [2.05, 4.69) is 0 Å². The van der Waals surface area contributed by atoms with E-state index in [0.29, 0.717) is 0 Å². The Labute approximate surface area is 121 Å². The molecule has 1 radical (unpaired) electrons. The molecule has 0 aromatic heterocycles. The summed E-state index contributed by atoms with van der Waals surface area (Å²) in [4.78, 5) is 0. The van der Waals surface area contributed by atoms with Gasteiger partial charge in [-0.15, -0.1) is 0 Å². The second-order valence-corrected chi connectivity index (χ2v) is 4.24. The van der Waals surface area contributed by atoms with Gasteiger partial charge in [-0.1, -0.05) is 0 Å². The Bertz CT molecular complexity index is 220. The minimum absolute atomic E-state index is 0. The van der Waals surface area contributed by atoms with Gasteiger partial charge in [0.2, 0.25) is 0 Å². The molecular formula is H26CuN2O14Se2+6. The monoisotopic (exact) mass is 501 g/mol. The Kier molecular flexibility index (Phi) is 179. The second kappa shape index (κ2) is 36.2. The minimum atomic E-state index is -5.75. The fourth-order valence-corrected chi connectivity index (χ4v) is 0. The van der Waals surface area contributed by atoms with Crippen LogP contribution in [0.3, 0.4) is 0 Å². The van der Waals surface area contributed by atoms with Gasteiger partial charge in [0.15, 0.2) is 0 Å². The molecule has 0 unspecified atom stereocenters. The quantitative estimate of drug-likeness (QED) is 0.237. The third-order valence-corrected chi connectivity index (χ3v) is 0. The van der Waals surface area contributed by atoms with Gasteiger partial charge >= 0.3 is 75.9 Å². The van der Waals surface area contributed by atoms with E-state index in [9.17, 15) is 0 Å². The molecule has 137 valence electrons. The summed E-state index contributed by atoms with van der Waals surface area (Å²) in [7, 11) is 0. The Morgan fingerprint density at radius 2 is 0.474 bits per heavy atom. The summed E-state index contributed by atoms with van der Waals surface area (Å²) in [6.45, 7) is 0. The van der Waals surface area contributed by atoms with Crippen LogP contribution in [-0.4, -0.2) is 26.7 Å². The molecule has 0 saturated carbocycles. The van der Waals surface area contributed by atoms with Crippen molar-refractivity contribution in [3.8, 4) is 0 Å². The number of rotatable bonds is 0. The summed E-state index contributed by atoms with van der Waals surface area (Å²) in [5.74, 6) is 0. The van der Waals surface area contributed by atoms with E-state index >= 15 is 0 Å². The van der Waals surface area contributed by atoms with Gasteiger partial charge in [0.1, 0.15) is 0 Å². The molecule has 0 aromatic rings. The molecule has 19 heteroatoms. The van der Waals surface area contributed by atoms with Crippen LogP contribution in [0.1, 0.15) is 0 Å². The van der Waals surface area contributed by atoms with Gasteiger partial charge in [-0.2, -0.15) is 0 Å². The zero-order valence-corrected chi connectivity index (χ0v) is 14.2. The van der Waals surface area contributed by atoms with Gasteiger partial charge in [-0.3, -0.25) is 0 Å². The molecule has 16 nitrogen and oxygen atoms in total. The summed E-state index contributed by atoms with van der Waals surface area (Å²) < 4.78 is 68.8. The maximum absolute atomic E-state index is 8.59. The van der Waals surface area contributed by atoms with E-state index < -0.39 is 26.7 Å². The molecule has 26 N–H and O–H groups in total. The van der Waals surface area contributed by atoms with E-state index in [-0.39, 0.29) is 62.2 Å². The predicted octanol–water partition coefficient (Wildman–Crippen LogP) is -10.8. The zero-order chi connectivity index (χ0) is 9.00. The van der Waals surface area contributed by atoms with Crippen molar-refractivity contribution in [1.29, 1.82) is 0 Å². The van der Waals surface area contributed by atoms with Gasteiger partial charge in [-0.25, -0.2) is 0 Å². The van der Waals surface area contributed by atoms with Crippen LogP contribution in [0.4, 0.5) is 0 Å². The van der Waals surface area contributed by atoms with Crippen molar-refractivity contribution < 1.29 is 82.0 Å². The second-order valence-electron chi connectivity index (χ2n) is 0.816. The van der Waals surface area contributed by atoms with Crippen LogP contribution in [-0.2, 0) is 65.3 Å². The first-order chi connectivity index (χ1) is 4.00. The Hall–Kier alpha value is 0.278. The van der Waals surface area contributed by atoms with Gasteiger partial charge in [0, 0.05) is 0 Å². The number of hydrogen-bond donors (Lipinski definition) is 2. The molecule has 0 rings (SSSR count). The molecule has 0 bridgehead atoms. The van der Waals surface area contributed by atoms with Crippen molar-refractivity contribution in [2.24, 2.45) is 0 Å². The average molecular weight is 500 g/mol. The first-order valence-electron chi connectivity index (χ1n) is 1.33. The summed E-state index contributed by atoms with van der Waals surface area (Å²) >= 11 is -11.5.